The number of amides is 1. The lowest BCUT2D eigenvalue weighted by Gasteiger charge is -2.35. The van der Waals surface area contributed by atoms with Gasteiger partial charge in [-0.3, -0.25) is 9.78 Å². The van der Waals surface area contributed by atoms with Crippen molar-refractivity contribution in [2.24, 2.45) is 0 Å². The topological polar surface area (TPSA) is 75.4 Å². The highest BCUT2D eigenvalue weighted by atomic mass is 32.1. The summed E-state index contributed by atoms with van der Waals surface area (Å²) in [5, 5.41) is 3.20. The quantitative estimate of drug-likeness (QED) is 0.371. The van der Waals surface area contributed by atoms with Crippen LogP contribution in [0.5, 0.6) is 0 Å². The molecule has 0 saturated carbocycles. The van der Waals surface area contributed by atoms with Crippen LogP contribution < -0.4 is 4.90 Å². The van der Waals surface area contributed by atoms with Gasteiger partial charge in [-0.15, -0.1) is 11.3 Å². The number of piperazine rings is 1. The van der Waals surface area contributed by atoms with E-state index in [4.69, 9.17) is 14.4 Å². The minimum atomic E-state index is -0.00378. The van der Waals surface area contributed by atoms with Crippen LogP contribution in [0.1, 0.15) is 10.4 Å². The number of furan rings is 1. The highest BCUT2D eigenvalue weighted by Crippen LogP contribution is 2.39. The summed E-state index contributed by atoms with van der Waals surface area (Å²) >= 11 is 1.62. The summed E-state index contributed by atoms with van der Waals surface area (Å²) in [7, 11) is 0. The van der Waals surface area contributed by atoms with Crippen molar-refractivity contribution < 1.29 is 9.21 Å². The van der Waals surface area contributed by atoms with Gasteiger partial charge in [-0.2, -0.15) is 0 Å². The molecule has 6 rings (SSSR count). The number of hydrogen-bond donors (Lipinski definition) is 0. The molecule has 5 aromatic rings. The zero-order valence-corrected chi connectivity index (χ0v) is 19.1. The summed E-state index contributed by atoms with van der Waals surface area (Å²) in [5.74, 6) is 1.50. The first-order valence-electron chi connectivity index (χ1n) is 11.1. The fourth-order valence-corrected chi connectivity index (χ4v) is 5.22. The van der Waals surface area contributed by atoms with Crippen molar-refractivity contribution in [3.05, 3.63) is 84.3 Å². The second kappa shape index (κ2) is 8.72. The molecule has 1 aromatic carbocycles. The van der Waals surface area contributed by atoms with E-state index in [-0.39, 0.29) is 5.91 Å². The van der Waals surface area contributed by atoms with E-state index in [0.717, 1.165) is 32.9 Å². The lowest BCUT2D eigenvalue weighted by atomic mass is 10.1. The zero-order valence-electron chi connectivity index (χ0n) is 18.3. The summed E-state index contributed by atoms with van der Waals surface area (Å²) in [4.78, 5) is 32.2. The Morgan fingerprint density at radius 3 is 2.50 bits per heavy atom. The first kappa shape index (κ1) is 20.6. The summed E-state index contributed by atoms with van der Waals surface area (Å²) in [6.07, 6.45) is 4.79. The van der Waals surface area contributed by atoms with Crippen LogP contribution in [0.2, 0.25) is 0 Å². The number of fused-ring (bicyclic) bond motifs is 1. The van der Waals surface area contributed by atoms with Gasteiger partial charge in [0.1, 0.15) is 22.6 Å². The van der Waals surface area contributed by atoms with Crippen LogP contribution in [-0.2, 0) is 0 Å². The molecule has 1 aliphatic rings. The lowest BCUT2D eigenvalue weighted by molar-refractivity contribution is 0.0746. The number of anilines is 1. The second-order valence-electron chi connectivity index (χ2n) is 8.07. The molecular formula is C26H21N5O2S. The predicted molar refractivity (Wildman–Crippen MR) is 133 cm³/mol. The van der Waals surface area contributed by atoms with Gasteiger partial charge in [0, 0.05) is 43.3 Å². The highest BCUT2D eigenvalue weighted by Gasteiger charge is 2.27. The first-order valence-corrected chi connectivity index (χ1v) is 12.0. The van der Waals surface area contributed by atoms with Gasteiger partial charge in [0.2, 0.25) is 0 Å². The molecule has 0 atom stereocenters. The molecule has 8 heteroatoms. The zero-order chi connectivity index (χ0) is 22.9. The maximum atomic E-state index is 12.8. The number of carbonyl (C=O) groups excluding carboxylic acids is 1. The number of pyridine rings is 1. The van der Waals surface area contributed by atoms with Crippen LogP contribution in [0.15, 0.2) is 83.1 Å². The minimum absolute atomic E-state index is 0.00378. The molecule has 7 nitrogen and oxygen atoms in total. The molecule has 34 heavy (non-hydrogen) atoms. The number of benzene rings is 1. The molecule has 1 fully saturated rings. The summed E-state index contributed by atoms with van der Waals surface area (Å²) in [5.41, 5.74) is 3.59. The Morgan fingerprint density at radius 1 is 0.941 bits per heavy atom. The molecule has 1 saturated heterocycles. The van der Waals surface area contributed by atoms with E-state index in [1.54, 1.807) is 23.6 Å². The Hall–Kier alpha value is -4.04. The second-order valence-corrected chi connectivity index (χ2v) is 8.93. The molecular weight excluding hydrogens is 446 g/mol. The monoisotopic (exact) mass is 467 g/mol. The Balaban J connectivity index is 1.40. The number of aromatic nitrogens is 3. The van der Waals surface area contributed by atoms with Crippen molar-refractivity contribution >= 4 is 33.3 Å². The van der Waals surface area contributed by atoms with Gasteiger partial charge in [0.25, 0.3) is 5.91 Å². The third-order valence-electron chi connectivity index (χ3n) is 6.03. The van der Waals surface area contributed by atoms with E-state index in [1.807, 2.05) is 41.3 Å². The Morgan fingerprint density at radius 2 is 1.76 bits per heavy atom. The van der Waals surface area contributed by atoms with E-state index < -0.39 is 0 Å². The molecule has 0 N–H and O–H groups in total. The molecule has 0 spiro atoms. The Bertz CT molecular complexity index is 1430. The van der Waals surface area contributed by atoms with Crippen LogP contribution in [0.25, 0.3) is 32.9 Å². The number of carbonyl (C=O) groups is 1. The van der Waals surface area contributed by atoms with Crippen LogP contribution in [0.3, 0.4) is 0 Å². The van der Waals surface area contributed by atoms with Crippen LogP contribution >= 0.6 is 11.3 Å². The Labute approximate surface area is 200 Å². The highest BCUT2D eigenvalue weighted by molar-refractivity contribution is 7.17. The fourth-order valence-electron chi connectivity index (χ4n) is 4.28. The molecule has 5 heterocycles. The van der Waals surface area contributed by atoms with Crippen molar-refractivity contribution in [1.82, 2.24) is 19.9 Å². The maximum absolute atomic E-state index is 12.8. The summed E-state index contributed by atoms with van der Waals surface area (Å²) < 4.78 is 5.09. The van der Waals surface area contributed by atoms with E-state index in [9.17, 15) is 4.79 Å². The van der Waals surface area contributed by atoms with Gasteiger partial charge in [0.05, 0.1) is 17.2 Å². The SMILES string of the molecule is O=C(c1ccoc1)N1CCN(c2nc(-c3ccccn3)nc3scc(-c4ccccc4)c23)CC1. The molecule has 1 amide bonds. The number of rotatable bonds is 4. The first-order chi connectivity index (χ1) is 16.8. The van der Waals surface area contributed by atoms with Crippen LogP contribution in [-0.4, -0.2) is 51.9 Å². The molecule has 4 aromatic heterocycles. The maximum Gasteiger partial charge on any atom is 0.257 e. The van der Waals surface area contributed by atoms with Crippen molar-refractivity contribution in [2.45, 2.75) is 0 Å². The number of nitrogens with zero attached hydrogens (tertiary/aromatic N) is 5. The average Bonchev–Trinajstić information content (AvgIpc) is 3.60. The minimum Gasteiger partial charge on any atom is -0.472 e. The molecule has 0 radical (unpaired) electrons. The van der Waals surface area contributed by atoms with Gasteiger partial charge in [0.15, 0.2) is 5.82 Å². The van der Waals surface area contributed by atoms with Crippen molar-refractivity contribution in [2.75, 3.05) is 31.1 Å². The van der Waals surface area contributed by atoms with E-state index in [0.29, 0.717) is 37.6 Å². The van der Waals surface area contributed by atoms with Crippen molar-refractivity contribution in [1.29, 1.82) is 0 Å². The van der Waals surface area contributed by atoms with Crippen LogP contribution in [0, 0.1) is 0 Å². The van der Waals surface area contributed by atoms with E-state index in [1.165, 1.54) is 12.5 Å². The summed E-state index contributed by atoms with van der Waals surface area (Å²) in [6, 6.07) is 17.8. The number of thiophene rings is 1. The third kappa shape index (κ3) is 3.72. The number of hydrogen-bond acceptors (Lipinski definition) is 7. The Kier molecular flexibility index (Phi) is 5.27. The van der Waals surface area contributed by atoms with E-state index in [2.05, 4.69) is 27.4 Å². The van der Waals surface area contributed by atoms with Gasteiger partial charge >= 0.3 is 0 Å². The molecule has 0 aliphatic carbocycles. The molecule has 1 aliphatic heterocycles. The predicted octanol–water partition coefficient (Wildman–Crippen LogP) is 4.98. The molecule has 168 valence electrons. The van der Waals surface area contributed by atoms with Gasteiger partial charge in [-0.05, 0) is 23.8 Å². The standard InChI is InChI=1S/C26H21N5O2S/c32-26(19-9-15-33-16-19)31-13-11-30(12-14-31)24-22-20(18-6-2-1-3-7-18)17-34-25(22)29-23(28-24)21-8-4-5-10-27-21/h1-10,15-17H,11-14H2. The fraction of sp³-hybridized carbons (Fsp3) is 0.154. The third-order valence-corrected chi connectivity index (χ3v) is 6.90. The largest absolute Gasteiger partial charge is 0.472 e. The van der Waals surface area contributed by atoms with Crippen molar-refractivity contribution in [3.8, 4) is 22.6 Å². The summed E-state index contributed by atoms with van der Waals surface area (Å²) in [6.45, 7) is 2.58. The van der Waals surface area contributed by atoms with Gasteiger partial charge in [-0.1, -0.05) is 36.4 Å². The lowest BCUT2D eigenvalue weighted by Crippen LogP contribution is -2.49. The average molecular weight is 468 g/mol. The van der Waals surface area contributed by atoms with Gasteiger partial charge < -0.3 is 14.2 Å². The van der Waals surface area contributed by atoms with Crippen molar-refractivity contribution in [3.63, 3.8) is 0 Å². The van der Waals surface area contributed by atoms with E-state index >= 15 is 0 Å². The molecule has 0 unspecified atom stereocenters. The van der Waals surface area contributed by atoms with Gasteiger partial charge in [-0.25, -0.2) is 9.97 Å². The molecule has 0 bridgehead atoms. The van der Waals surface area contributed by atoms with Crippen LogP contribution in [0.4, 0.5) is 5.82 Å². The smallest absolute Gasteiger partial charge is 0.257 e. The normalized spacial score (nSPS) is 14.0.